The van der Waals surface area contributed by atoms with Crippen LogP contribution in [0.3, 0.4) is 0 Å². The van der Waals surface area contributed by atoms with Gasteiger partial charge in [-0.15, -0.1) is 0 Å². The normalized spacial score (nSPS) is 13.1. The van der Waals surface area contributed by atoms with Gasteiger partial charge in [-0.2, -0.15) is 0 Å². The molecule has 0 aromatic rings. The van der Waals surface area contributed by atoms with Gasteiger partial charge in [0.1, 0.15) is 12.6 Å². The van der Waals surface area contributed by atoms with Crippen molar-refractivity contribution in [3.05, 3.63) is 24.3 Å². The maximum Gasteiger partial charge on any atom is 0.306 e. The van der Waals surface area contributed by atoms with Crippen LogP contribution in [-0.4, -0.2) is 75.5 Å². The summed E-state index contributed by atoms with van der Waals surface area (Å²) in [5, 5.41) is 11.6. The van der Waals surface area contributed by atoms with Gasteiger partial charge in [-0.3, -0.25) is 9.59 Å². The number of esters is 2. The second kappa shape index (κ2) is 39.6. The van der Waals surface area contributed by atoms with Crippen molar-refractivity contribution in [1.29, 1.82) is 0 Å². The summed E-state index contributed by atoms with van der Waals surface area (Å²) in [6.07, 6.45) is 43.6. The van der Waals surface area contributed by atoms with E-state index in [1.54, 1.807) is 21.1 Å². The van der Waals surface area contributed by atoms with Crippen molar-refractivity contribution in [3.63, 3.8) is 0 Å². The number of allylic oxidation sites excluding steroid dienone is 4. The number of carboxylic acid groups (broad SMARTS) is 1. The summed E-state index contributed by atoms with van der Waals surface area (Å²) >= 11 is 0. The predicted molar refractivity (Wildman–Crippen MR) is 231 cm³/mol. The molecule has 0 aromatic carbocycles. The number of likely N-dealkylation sites (N-methyl/N-ethyl adjacent to an activating group) is 1. The first-order valence-corrected chi connectivity index (χ1v) is 23.4. The Morgan fingerprint density at radius 1 is 0.536 bits per heavy atom. The minimum atomic E-state index is -1.13. The fourth-order valence-electron chi connectivity index (χ4n) is 6.95. The van der Waals surface area contributed by atoms with Gasteiger partial charge in [0.15, 0.2) is 6.10 Å². The number of carbonyl (C=O) groups excluding carboxylic acids is 3. The molecule has 0 heterocycles. The first-order chi connectivity index (χ1) is 27.1. The molecule has 0 bridgehead atoms. The summed E-state index contributed by atoms with van der Waals surface area (Å²) in [5.74, 6) is -1.81. The Morgan fingerprint density at radius 3 is 1.45 bits per heavy atom. The Kier molecular flexibility index (Phi) is 38.1. The monoisotopic (exact) mass is 792 g/mol. The third-order valence-corrected chi connectivity index (χ3v) is 10.6. The standard InChI is InChI=1S/C48H89NO7/c1-6-8-10-12-14-16-18-20-21-22-23-24-25-27-29-31-33-35-37-39-47(51)56-44(42-54-41-40-45(48(52)53)49(3,4)5)43-55-46(50)38-36-34-32-30-28-26-19-17-15-13-11-9-7-2/h26,28,32,34,44-45H,6-25,27,29-31,33,35-43H2,1-5H3/b28-26+,34-32+. The summed E-state index contributed by atoms with van der Waals surface area (Å²) in [5.41, 5.74) is 0. The molecule has 0 aliphatic rings. The predicted octanol–water partition coefficient (Wildman–Crippen LogP) is 11.5. The third-order valence-electron chi connectivity index (χ3n) is 10.6. The van der Waals surface area contributed by atoms with Crippen LogP contribution in [-0.2, 0) is 28.6 Å². The van der Waals surface area contributed by atoms with E-state index in [0.29, 0.717) is 12.8 Å². The van der Waals surface area contributed by atoms with Crippen LogP contribution in [0.15, 0.2) is 24.3 Å². The Hall–Kier alpha value is -2.19. The molecule has 2 atom stereocenters. The highest BCUT2D eigenvalue weighted by atomic mass is 16.6. The molecule has 0 aromatic heterocycles. The van der Waals surface area contributed by atoms with E-state index in [9.17, 15) is 19.5 Å². The smallest absolute Gasteiger partial charge is 0.306 e. The van der Waals surface area contributed by atoms with E-state index in [1.807, 2.05) is 6.08 Å². The van der Waals surface area contributed by atoms with Crippen molar-refractivity contribution in [2.75, 3.05) is 41.0 Å². The highest BCUT2D eigenvalue weighted by molar-refractivity contribution is 5.70. The lowest BCUT2D eigenvalue weighted by atomic mass is 10.0. The number of hydrogen-bond donors (Lipinski definition) is 0. The largest absolute Gasteiger partial charge is 0.544 e. The van der Waals surface area contributed by atoms with Crippen molar-refractivity contribution >= 4 is 17.9 Å². The zero-order chi connectivity index (χ0) is 41.4. The second-order valence-corrected chi connectivity index (χ2v) is 17.0. The number of hydrogen-bond acceptors (Lipinski definition) is 7. The molecular formula is C48H89NO7. The molecule has 0 saturated carbocycles. The Morgan fingerprint density at radius 2 is 0.982 bits per heavy atom. The van der Waals surface area contributed by atoms with Crippen molar-refractivity contribution in [3.8, 4) is 0 Å². The fraction of sp³-hybridized carbons (Fsp3) is 0.854. The highest BCUT2D eigenvalue weighted by Gasteiger charge is 2.25. The molecule has 0 aliphatic carbocycles. The molecular weight excluding hydrogens is 703 g/mol. The van der Waals surface area contributed by atoms with Crippen molar-refractivity contribution in [1.82, 2.24) is 0 Å². The Bertz CT molecular complexity index is 973. The number of rotatable bonds is 42. The summed E-state index contributed by atoms with van der Waals surface area (Å²) in [4.78, 5) is 36.8. The van der Waals surface area contributed by atoms with Crippen LogP contribution in [0.1, 0.15) is 213 Å². The van der Waals surface area contributed by atoms with Gasteiger partial charge in [0, 0.05) is 19.3 Å². The van der Waals surface area contributed by atoms with E-state index >= 15 is 0 Å². The van der Waals surface area contributed by atoms with E-state index in [4.69, 9.17) is 14.2 Å². The number of carboxylic acids is 1. The number of nitrogens with zero attached hydrogens (tertiary/aromatic N) is 1. The number of carbonyl (C=O) groups is 3. The van der Waals surface area contributed by atoms with Crippen LogP contribution in [0.25, 0.3) is 0 Å². The van der Waals surface area contributed by atoms with Gasteiger partial charge in [0.2, 0.25) is 0 Å². The molecule has 0 saturated heterocycles. The summed E-state index contributed by atoms with van der Waals surface area (Å²) < 4.78 is 17.1. The molecule has 8 heteroatoms. The van der Waals surface area contributed by atoms with Crippen LogP contribution >= 0.6 is 0 Å². The third kappa shape index (κ3) is 37.4. The van der Waals surface area contributed by atoms with Gasteiger partial charge in [-0.05, 0) is 32.1 Å². The number of unbranched alkanes of at least 4 members (excludes halogenated alkanes) is 24. The zero-order valence-corrected chi connectivity index (χ0v) is 37.3. The number of aliphatic carboxylic acids is 1. The highest BCUT2D eigenvalue weighted by Crippen LogP contribution is 2.16. The average Bonchev–Trinajstić information content (AvgIpc) is 3.15. The van der Waals surface area contributed by atoms with Gasteiger partial charge in [0.25, 0.3) is 0 Å². The molecule has 0 N–H and O–H groups in total. The second-order valence-electron chi connectivity index (χ2n) is 17.0. The van der Waals surface area contributed by atoms with Gasteiger partial charge < -0.3 is 28.6 Å². The summed E-state index contributed by atoms with van der Waals surface area (Å²) in [6, 6.07) is -0.730. The fourth-order valence-corrected chi connectivity index (χ4v) is 6.95. The molecule has 8 nitrogen and oxygen atoms in total. The molecule has 0 rings (SSSR count). The van der Waals surface area contributed by atoms with E-state index in [2.05, 4.69) is 32.1 Å². The Labute approximate surface area is 345 Å². The number of quaternary nitrogens is 1. The summed E-state index contributed by atoms with van der Waals surface area (Å²) in [7, 11) is 5.40. The van der Waals surface area contributed by atoms with Gasteiger partial charge in [0.05, 0.1) is 40.3 Å². The average molecular weight is 792 g/mol. The lowest BCUT2D eigenvalue weighted by Crippen LogP contribution is -2.55. The molecule has 0 spiro atoms. The van der Waals surface area contributed by atoms with Gasteiger partial charge >= 0.3 is 11.9 Å². The molecule has 328 valence electrons. The maximum atomic E-state index is 12.7. The van der Waals surface area contributed by atoms with Crippen LogP contribution in [0.2, 0.25) is 0 Å². The topological polar surface area (TPSA) is 102 Å². The van der Waals surface area contributed by atoms with Crippen LogP contribution < -0.4 is 5.11 Å². The van der Waals surface area contributed by atoms with E-state index in [-0.39, 0.29) is 49.1 Å². The van der Waals surface area contributed by atoms with E-state index < -0.39 is 18.1 Å². The van der Waals surface area contributed by atoms with E-state index in [1.165, 1.54) is 141 Å². The van der Waals surface area contributed by atoms with Crippen molar-refractivity contribution in [2.45, 2.75) is 225 Å². The van der Waals surface area contributed by atoms with E-state index in [0.717, 1.165) is 32.1 Å². The lowest BCUT2D eigenvalue weighted by molar-refractivity contribution is -0.889. The zero-order valence-electron chi connectivity index (χ0n) is 37.3. The quantitative estimate of drug-likeness (QED) is 0.0262. The maximum absolute atomic E-state index is 12.7. The van der Waals surface area contributed by atoms with Crippen LogP contribution in [0, 0.1) is 0 Å². The molecule has 0 radical (unpaired) electrons. The molecule has 0 fully saturated rings. The van der Waals surface area contributed by atoms with Gasteiger partial charge in [-0.1, -0.05) is 186 Å². The van der Waals surface area contributed by atoms with Crippen LogP contribution in [0.4, 0.5) is 0 Å². The minimum Gasteiger partial charge on any atom is -0.544 e. The minimum absolute atomic E-state index is 0.0279. The summed E-state index contributed by atoms with van der Waals surface area (Å²) in [6.45, 7) is 4.62. The molecule has 2 unspecified atom stereocenters. The van der Waals surface area contributed by atoms with Crippen molar-refractivity contribution in [2.24, 2.45) is 0 Å². The molecule has 0 aliphatic heterocycles. The first kappa shape index (κ1) is 53.8. The Balaban J connectivity index is 4.31. The van der Waals surface area contributed by atoms with Gasteiger partial charge in [-0.25, -0.2) is 0 Å². The molecule has 56 heavy (non-hydrogen) atoms. The SMILES string of the molecule is CCCCCCCC/C=C/C/C=C/CCC(=O)OCC(COCCC(C(=O)[O-])[N+](C)(C)C)OC(=O)CCCCCCCCCCCCCCCCCCCCC. The first-order valence-electron chi connectivity index (χ1n) is 23.4. The van der Waals surface area contributed by atoms with Crippen molar-refractivity contribution < 1.29 is 38.2 Å². The lowest BCUT2D eigenvalue weighted by Gasteiger charge is -2.34. The number of ether oxygens (including phenoxy) is 3. The molecule has 0 amide bonds. The van der Waals surface area contributed by atoms with Crippen LogP contribution in [0.5, 0.6) is 0 Å².